The molecule has 0 fully saturated rings. The van der Waals surface area contributed by atoms with Crippen LogP contribution in [-0.2, 0) is 16.1 Å². The standard InChI is InChI=1S/C9H13N5O2/c1-11-7(4-8(10)15)9(16)12-5-6-2-3-13-14-6/h2-4,11H,5H2,1H3,(H2,10,15)(H,12,16)(H,13,14)/b7-4-. The van der Waals surface area contributed by atoms with Crippen molar-refractivity contribution in [1.29, 1.82) is 0 Å². The number of primary amides is 1. The number of aromatic amines is 1. The molecule has 5 N–H and O–H groups in total. The van der Waals surface area contributed by atoms with E-state index >= 15 is 0 Å². The first-order valence-corrected chi connectivity index (χ1v) is 4.59. The molecule has 0 atom stereocenters. The quantitative estimate of drug-likeness (QED) is 0.460. The van der Waals surface area contributed by atoms with Gasteiger partial charge < -0.3 is 16.4 Å². The number of carbonyl (C=O) groups excluding carboxylic acids is 2. The highest BCUT2D eigenvalue weighted by Crippen LogP contribution is 1.93. The molecule has 1 rings (SSSR count). The van der Waals surface area contributed by atoms with Crippen molar-refractivity contribution in [2.75, 3.05) is 7.05 Å². The van der Waals surface area contributed by atoms with Crippen LogP contribution in [0.3, 0.4) is 0 Å². The van der Waals surface area contributed by atoms with Crippen LogP contribution in [0.1, 0.15) is 5.69 Å². The van der Waals surface area contributed by atoms with Crippen molar-refractivity contribution in [2.24, 2.45) is 5.73 Å². The number of hydrogen-bond acceptors (Lipinski definition) is 4. The molecule has 1 aromatic rings. The van der Waals surface area contributed by atoms with E-state index in [2.05, 4.69) is 20.8 Å². The molecule has 0 saturated carbocycles. The topological polar surface area (TPSA) is 113 Å². The normalized spacial score (nSPS) is 10.9. The van der Waals surface area contributed by atoms with E-state index in [1.165, 1.54) is 7.05 Å². The summed E-state index contributed by atoms with van der Waals surface area (Å²) in [6.07, 6.45) is 2.61. The van der Waals surface area contributed by atoms with Crippen molar-refractivity contribution < 1.29 is 9.59 Å². The smallest absolute Gasteiger partial charge is 0.267 e. The third-order valence-electron chi connectivity index (χ3n) is 1.80. The molecule has 0 aliphatic rings. The van der Waals surface area contributed by atoms with E-state index in [0.717, 1.165) is 11.8 Å². The molecule has 86 valence electrons. The van der Waals surface area contributed by atoms with E-state index in [1.54, 1.807) is 12.3 Å². The Labute approximate surface area is 92.1 Å². The minimum Gasteiger partial charge on any atom is -0.384 e. The summed E-state index contributed by atoms with van der Waals surface area (Å²) in [7, 11) is 1.53. The van der Waals surface area contributed by atoms with Gasteiger partial charge in [0.15, 0.2) is 0 Å². The van der Waals surface area contributed by atoms with Crippen LogP contribution in [-0.4, -0.2) is 29.1 Å². The molecule has 7 heteroatoms. The molecule has 0 aliphatic heterocycles. The Morgan fingerprint density at radius 1 is 1.62 bits per heavy atom. The second-order valence-electron chi connectivity index (χ2n) is 2.97. The van der Waals surface area contributed by atoms with Crippen LogP contribution in [0, 0.1) is 0 Å². The highest BCUT2D eigenvalue weighted by Gasteiger charge is 2.08. The van der Waals surface area contributed by atoms with Crippen molar-refractivity contribution in [3.05, 3.63) is 29.7 Å². The lowest BCUT2D eigenvalue weighted by Crippen LogP contribution is -2.31. The lowest BCUT2D eigenvalue weighted by Gasteiger charge is -2.06. The fourth-order valence-electron chi connectivity index (χ4n) is 1.05. The zero-order valence-corrected chi connectivity index (χ0v) is 8.78. The largest absolute Gasteiger partial charge is 0.384 e. The van der Waals surface area contributed by atoms with Crippen molar-refractivity contribution in [2.45, 2.75) is 6.54 Å². The third-order valence-corrected chi connectivity index (χ3v) is 1.80. The maximum Gasteiger partial charge on any atom is 0.267 e. The molecule has 16 heavy (non-hydrogen) atoms. The van der Waals surface area contributed by atoms with Crippen LogP contribution >= 0.6 is 0 Å². The van der Waals surface area contributed by atoms with Gasteiger partial charge in [-0.3, -0.25) is 14.7 Å². The number of nitrogens with one attached hydrogen (secondary N) is 3. The maximum absolute atomic E-state index is 11.5. The average Bonchev–Trinajstić information content (AvgIpc) is 2.75. The number of nitrogens with two attached hydrogens (primary N) is 1. The lowest BCUT2D eigenvalue weighted by atomic mass is 10.3. The van der Waals surface area contributed by atoms with Gasteiger partial charge in [-0.15, -0.1) is 0 Å². The first-order chi connectivity index (χ1) is 7.63. The zero-order chi connectivity index (χ0) is 12.0. The van der Waals surface area contributed by atoms with Crippen molar-refractivity contribution in [3.63, 3.8) is 0 Å². The molecular formula is C9H13N5O2. The Morgan fingerprint density at radius 2 is 2.38 bits per heavy atom. The van der Waals surface area contributed by atoms with Gasteiger partial charge in [0.1, 0.15) is 5.70 Å². The number of amides is 2. The summed E-state index contributed by atoms with van der Waals surface area (Å²) < 4.78 is 0. The number of aromatic nitrogens is 2. The summed E-state index contributed by atoms with van der Waals surface area (Å²) in [6, 6.07) is 1.73. The fraction of sp³-hybridized carbons (Fsp3) is 0.222. The van der Waals surface area contributed by atoms with E-state index < -0.39 is 11.8 Å². The van der Waals surface area contributed by atoms with Gasteiger partial charge in [-0.2, -0.15) is 5.10 Å². The summed E-state index contributed by atoms with van der Waals surface area (Å²) in [6.45, 7) is 0.302. The monoisotopic (exact) mass is 223 g/mol. The summed E-state index contributed by atoms with van der Waals surface area (Å²) in [4.78, 5) is 22.1. The van der Waals surface area contributed by atoms with E-state index in [9.17, 15) is 9.59 Å². The van der Waals surface area contributed by atoms with E-state index in [1.807, 2.05) is 0 Å². The van der Waals surface area contributed by atoms with E-state index in [0.29, 0.717) is 6.54 Å². The first-order valence-electron chi connectivity index (χ1n) is 4.59. The highest BCUT2D eigenvalue weighted by molar-refractivity contribution is 5.99. The molecule has 0 saturated heterocycles. The summed E-state index contributed by atoms with van der Waals surface area (Å²) in [5, 5.41) is 11.6. The highest BCUT2D eigenvalue weighted by atomic mass is 16.2. The predicted octanol–water partition coefficient (Wildman–Crippen LogP) is -1.39. The van der Waals surface area contributed by atoms with Crippen molar-refractivity contribution >= 4 is 11.8 Å². The molecule has 0 aliphatic carbocycles. The second kappa shape index (κ2) is 5.54. The molecule has 0 radical (unpaired) electrons. The molecule has 0 bridgehead atoms. The van der Waals surface area contributed by atoms with Crippen LogP contribution in [0.4, 0.5) is 0 Å². The van der Waals surface area contributed by atoms with Crippen molar-refractivity contribution in [1.82, 2.24) is 20.8 Å². The maximum atomic E-state index is 11.5. The molecule has 0 aromatic carbocycles. The van der Waals surface area contributed by atoms with Gasteiger partial charge in [0.05, 0.1) is 12.2 Å². The van der Waals surface area contributed by atoms with E-state index in [-0.39, 0.29) is 5.70 Å². The third kappa shape index (κ3) is 3.45. The summed E-state index contributed by atoms with van der Waals surface area (Å²) in [5.41, 5.74) is 5.83. The van der Waals surface area contributed by atoms with Gasteiger partial charge in [0.25, 0.3) is 5.91 Å². The molecule has 7 nitrogen and oxygen atoms in total. The van der Waals surface area contributed by atoms with Gasteiger partial charge in [-0.1, -0.05) is 0 Å². The molecule has 2 amide bonds. The van der Waals surface area contributed by atoms with Gasteiger partial charge in [0, 0.05) is 19.3 Å². The zero-order valence-electron chi connectivity index (χ0n) is 8.78. The van der Waals surface area contributed by atoms with Gasteiger partial charge in [0.2, 0.25) is 5.91 Å². The Kier molecular flexibility index (Phi) is 4.07. The molecule has 0 spiro atoms. The van der Waals surface area contributed by atoms with Gasteiger partial charge in [-0.25, -0.2) is 0 Å². The Bertz CT molecular complexity index is 396. The molecule has 1 aromatic heterocycles. The van der Waals surface area contributed by atoms with Crippen LogP contribution in [0.2, 0.25) is 0 Å². The second-order valence-corrected chi connectivity index (χ2v) is 2.97. The van der Waals surface area contributed by atoms with Gasteiger partial charge >= 0.3 is 0 Å². The average molecular weight is 223 g/mol. The fourth-order valence-corrected chi connectivity index (χ4v) is 1.05. The lowest BCUT2D eigenvalue weighted by molar-refractivity contribution is -0.119. The number of nitrogens with zero attached hydrogens (tertiary/aromatic N) is 1. The summed E-state index contributed by atoms with van der Waals surface area (Å²) in [5.74, 6) is -1.09. The van der Waals surface area contributed by atoms with E-state index in [4.69, 9.17) is 5.73 Å². The SMILES string of the molecule is CN/C(=C\C(N)=O)C(=O)NCc1ccn[nH]1. The number of likely N-dealkylation sites (N-methyl/N-ethyl adjacent to an activating group) is 1. The first kappa shape index (κ1) is 11.8. The molecule has 1 heterocycles. The molecule has 0 unspecified atom stereocenters. The number of H-pyrrole nitrogens is 1. The minimum absolute atomic E-state index is 0.118. The Morgan fingerprint density at radius 3 is 2.88 bits per heavy atom. The van der Waals surface area contributed by atoms with Crippen LogP contribution in [0.15, 0.2) is 24.0 Å². The molecular weight excluding hydrogens is 210 g/mol. The Hall–Kier alpha value is -2.31. The number of hydrogen-bond donors (Lipinski definition) is 4. The number of carbonyl (C=O) groups is 2. The predicted molar refractivity (Wildman–Crippen MR) is 56.8 cm³/mol. The van der Waals surface area contributed by atoms with Crippen LogP contribution < -0.4 is 16.4 Å². The van der Waals surface area contributed by atoms with Gasteiger partial charge in [-0.05, 0) is 6.07 Å². The number of rotatable bonds is 5. The van der Waals surface area contributed by atoms with Crippen molar-refractivity contribution in [3.8, 4) is 0 Å². The Balaban J connectivity index is 2.54. The van der Waals surface area contributed by atoms with Crippen LogP contribution in [0.25, 0.3) is 0 Å². The van der Waals surface area contributed by atoms with Crippen LogP contribution in [0.5, 0.6) is 0 Å². The summed E-state index contributed by atoms with van der Waals surface area (Å²) >= 11 is 0. The minimum atomic E-state index is -0.680.